The van der Waals surface area contributed by atoms with Crippen LogP contribution in [0.2, 0.25) is 0 Å². The zero-order chi connectivity index (χ0) is 30.2. The normalized spacial score (nSPS) is 23.5. The lowest BCUT2D eigenvalue weighted by molar-refractivity contribution is -0.125. The number of rotatable bonds is 7. The van der Waals surface area contributed by atoms with Gasteiger partial charge in [-0.25, -0.2) is 0 Å². The monoisotopic (exact) mass is 590 g/mol. The first-order valence-electron chi connectivity index (χ1n) is 15.4. The summed E-state index contributed by atoms with van der Waals surface area (Å²) in [6.07, 6.45) is 1.63. The first-order chi connectivity index (χ1) is 19.9. The highest BCUT2D eigenvalue weighted by atomic mass is 32.1. The number of thiophene rings is 1. The minimum absolute atomic E-state index is 0.0203. The molecule has 3 fully saturated rings. The standard InChI is InChI=1S/C34H46N4O3S/c1-33(2,3)29-26(16-35)28(30(42-29)34(4,5)6)32(40)38-19-24-17-37(18-25(24)20-38)14-12-27(22-10-8-7-9-11-22)36-31(39)23-13-15-41-21-23/h7-11,23-25,27H,12-15,17-21H2,1-6H3,(H,36,39)/t23?,24?,25?,27-/m0/s1. The summed E-state index contributed by atoms with van der Waals surface area (Å²) >= 11 is 1.64. The maximum absolute atomic E-state index is 14.0. The van der Waals surface area contributed by atoms with Crippen molar-refractivity contribution in [3.8, 4) is 6.07 Å². The van der Waals surface area contributed by atoms with Crippen molar-refractivity contribution in [2.45, 2.75) is 71.3 Å². The molecule has 3 unspecified atom stereocenters. The first-order valence-corrected chi connectivity index (χ1v) is 16.2. The van der Waals surface area contributed by atoms with E-state index in [0.717, 1.165) is 60.9 Å². The molecule has 1 N–H and O–H groups in total. The van der Waals surface area contributed by atoms with E-state index in [0.29, 0.717) is 36.2 Å². The van der Waals surface area contributed by atoms with Crippen LogP contribution in [0, 0.1) is 29.1 Å². The number of amides is 2. The molecule has 0 saturated carbocycles. The van der Waals surface area contributed by atoms with E-state index >= 15 is 0 Å². The van der Waals surface area contributed by atoms with Crippen molar-refractivity contribution in [1.82, 2.24) is 15.1 Å². The van der Waals surface area contributed by atoms with Crippen LogP contribution in [-0.4, -0.2) is 67.6 Å². The van der Waals surface area contributed by atoms with E-state index in [-0.39, 0.29) is 34.6 Å². The Labute approximate surface area is 255 Å². The Bertz CT molecular complexity index is 1310. The number of carbonyl (C=O) groups excluding carboxylic acids is 2. The Balaban J connectivity index is 1.24. The van der Waals surface area contributed by atoms with Gasteiger partial charge in [-0.15, -0.1) is 11.3 Å². The van der Waals surface area contributed by atoms with E-state index in [4.69, 9.17) is 4.74 Å². The molecule has 3 aliphatic heterocycles. The third-order valence-corrected chi connectivity index (χ3v) is 11.0. The number of likely N-dealkylation sites (tertiary alicyclic amines) is 2. The summed E-state index contributed by atoms with van der Waals surface area (Å²) < 4.78 is 5.44. The van der Waals surface area contributed by atoms with Crippen molar-refractivity contribution in [3.05, 3.63) is 56.8 Å². The molecule has 42 heavy (non-hydrogen) atoms. The van der Waals surface area contributed by atoms with Gasteiger partial charge in [-0.3, -0.25) is 9.59 Å². The van der Waals surface area contributed by atoms with Crippen molar-refractivity contribution < 1.29 is 14.3 Å². The van der Waals surface area contributed by atoms with Crippen LogP contribution in [0.15, 0.2) is 30.3 Å². The second-order valence-electron chi connectivity index (χ2n) is 14.4. The maximum atomic E-state index is 14.0. The fraction of sp³-hybridized carbons (Fsp3) is 0.618. The van der Waals surface area contributed by atoms with E-state index in [2.05, 4.69) is 70.0 Å². The number of hydrogen-bond donors (Lipinski definition) is 1. The molecule has 2 aromatic rings. The number of nitriles is 1. The number of nitrogens with zero attached hydrogens (tertiary/aromatic N) is 3. The molecule has 5 rings (SSSR count). The molecular weight excluding hydrogens is 544 g/mol. The van der Waals surface area contributed by atoms with Gasteiger partial charge in [-0.05, 0) is 41.1 Å². The quantitative estimate of drug-likeness (QED) is 0.460. The third kappa shape index (κ3) is 6.44. The molecule has 0 spiro atoms. The second-order valence-corrected chi connectivity index (χ2v) is 15.5. The fourth-order valence-corrected chi connectivity index (χ4v) is 8.10. The van der Waals surface area contributed by atoms with E-state index in [1.54, 1.807) is 11.3 Å². The van der Waals surface area contributed by atoms with Gasteiger partial charge in [-0.2, -0.15) is 5.26 Å². The average molecular weight is 591 g/mol. The summed E-state index contributed by atoms with van der Waals surface area (Å²) in [5.41, 5.74) is 1.92. The van der Waals surface area contributed by atoms with Crippen LogP contribution in [0.3, 0.4) is 0 Å². The number of ether oxygens (including phenoxy) is 1. The number of benzene rings is 1. The lowest BCUT2D eigenvalue weighted by atomic mass is 9.86. The number of hydrogen-bond acceptors (Lipinski definition) is 6. The minimum atomic E-state index is -0.216. The van der Waals surface area contributed by atoms with Crippen molar-refractivity contribution in [2.75, 3.05) is 45.9 Å². The van der Waals surface area contributed by atoms with Crippen molar-refractivity contribution in [1.29, 1.82) is 5.26 Å². The van der Waals surface area contributed by atoms with Gasteiger partial charge < -0.3 is 19.9 Å². The van der Waals surface area contributed by atoms with Crippen molar-refractivity contribution >= 4 is 23.2 Å². The number of nitrogens with one attached hydrogen (secondary N) is 1. The highest BCUT2D eigenvalue weighted by Gasteiger charge is 2.44. The van der Waals surface area contributed by atoms with Crippen LogP contribution >= 0.6 is 11.3 Å². The molecule has 4 heterocycles. The van der Waals surface area contributed by atoms with Gasteiger partial charge in [0.15, 0.2) is 0 Å². The smallest absolute Gasteiger partial charge is 0.256 e. The van der Waals surface area contributed by atoms with Crippen LogP contribution in [0.25, 0.3) is 0 Å². The molecule has 0 bridgehead atoms. The first kappa shape index (κ1) is 30.7. The van der Waals surface area contributed by atoms with Gasteiger partial charge in [0.1, 0.15) is 6.07 Å². The van der Waals surface area contributed by atoms with Crippen LogP contribution in [0.4, 0.5) is 0 Å². The summed E-state index contributed by atoms with van der Waals surface area (Å²) in [5.74, 6) is 0.904. The molecule has 1 aromatic heterocycles. The van der Waals surface area contributed by atoms with Crippen LogP contribution in [0.1, 0.15) is 91.7 Å². The molecule has 7 nitrogen and oxygen atoms in total. The predicted octanol–water partition coefficient (Wildman–Crippen LogP) is 5.50. The summed E-state index contributed by atoms with van der Waals surface area (Å²) in [6.45, 7) is 18.2. The maximum Gasteiger partial charge on any atom is 0.256 e. The Kier molecular flexibility index (Phi) is 8.85. The van der Waals surface area contributed by atoms with Crippen LogP contribution in [0.5, 0.6) is 0 Å². The Morgan fingerprint density at radius 1 is 1.02 bits per heavy atom. The molecule has 2 amide bonds. The highest BCUT2D eigenvalue weighted by Crippen LogP contribution is 2.43. The summed E-state index contributed by atoms with van der Waals surface area (Å²) in [7, 11) is 0. The molecule has 8 heteroatoms. The second kappa shape index (κ2) is 12.1. The molecule has 0 radical (unpaired) electrons. The number of fused-ring (bicyclic) bond motifs is 1. The number of carbonyl (C=O) groups is 2. The Hall–Kier alpha value is -2.73. The molecule has 226 valence electrons. The lowest BCUT2D eigenvalue weighted by Gasteiger charge is -2.26. The van der Waals surface area contributed by atoms with E-state index in [9.17, 15) is 14.9 Å². The average Bonchev–Trinajstić information content (AvgIpc) is 3.72. The molecule has 0 aliphatic carbocycles. The Morgan fingerprint density at radius 3 is 2.21 bits per heavy atom. The van der Waals surface area contributed by atoms with Gasteiger partial charge in [-0.1, -0.05) is 71.9 Å². The highest BCUT2D eigenvalue weighted by molar-refractivity contribution is 7.13. The van der Waals surface area contributed by atoms with Gasteiger partial charge >= 0.3 is 0 Å². The largest absolute Gasteiger partial charge is 0.381 e. The molecule has 1 aromatic carbocycles. The van der Waals surface area contributed by atoms with E-state index in [1.165, 1.54) is 0 Å². The van der Waals surface area contributed by atoms with Gasteiger partial charge in [0.05, 0.1) is 29.7 Å². The van der Waals surface area contributed by atoms with Gasteiger partial charge in [0.25, 0.3) is 5.91 Å². The summed E-state index contributed by atoms with van der Waals surface area (Å²) in [5, 5.41) is 13.5. The lowest BCUT2D eigenvalue weighted by Crippen LogP contribution is -2.37. The SMILES string of the molecule is CC(C)(C)c1sc(C(C)(C)C)c(C(=O)N2CC3CN(CC[C@H](NC(=O)C4CCOC4)c4ccccc4)CC3C2)c1C#N. The minimum Gasteiger partial charge on any atom is -0.381 e. The van der Waals surface area contributed by atoms with Crippen LogP contribution in [-0.2, 0) is 20.4 Å². The van der Waals surface area contributed by atoms with Crippen molar-refractivity contribution in [3.63, 3.8) is 0 Å². The third-order valence-electron chi connectivity index (χ3n) is 9.00. The summed E-state index contributed by atoms with van der Waals surface area (Å²) in [6, 6.07) is 12.6. The topological polar surface area (TPSA) is 85.7 Å². The predicted molar refractivity (Wildman–Crippen MR) is 167 cm³/mol. The zero-order valence-corrected chi connectivity index (χ0v) is 26.9. The van der Waals surface area contributed by atoms with E-state index < -0.39 is 0 Å². The van der Waals surface area contributed by atoms with E-state index in [1.807, 2.05) is 23.1 Å². The molecule has 4 atom stereocenters. The fourth-order valence-electron chi connectivity index (χ4n) is 6.74. The van der Waals surface area contributed by atoms with Crippen LogP contribution < -0.4 is 5.32 Å². The summed E-state index contributed by atoms with van der Waals surface area (Å²) in [4.78, 5) is 33.5. The zero-order valence-electron chi connectivity index (χ0n) is 26.0. The molecular formula is C34H46N4O3S. The van der Waals surface area contributed by atoms with Crippen molar-refractivity contribution in [2.24, 2.45) is 17.8 Å². The van der Waals surface area contributed by atoms with Gasteiger partial charge in [0, 0.05) is 49.1 Å². The Morgan fingerprint density at radius 2 is 1.67 bits per heavy atom. The van der Waals surface area contributed by atoms with Gasteiger partial charge in [0.2, 0.25) is 5.91 Å². The molecule has 3 aliphatic rings. The molecule has 3 saturated heterocycles.